The molecule has 1 aromatic rings. The summed E-state index contributed by atoms with van der Waals surface area (Å²) in [6, 6.07) is 0. The Morgan fingerprint density at radius 1 is 1.45 bits per heavy atom. The van der Waals surface area contributed by atoms with E-state index in [9.17, 15) is 9.59 Å². The number of carbonyl (C=O) groups excluding carboxylic acids is 1. The summed E-state index contributed by atoms with van der Waals surface area (Å²) in [6.07, 6.45) is 0.347. The molecule has 1 amide bonds. The monoisotopic (exact) mass is 342 g/mol. The van der Waals surface area contributed by atoms with Crippen LogP contribution in [0.4, 0.5) is 0 Å². The predicted molar refractivity (Wildman–Crippen MR) is 75.2 cm³/mol. The van der Waals surface area contributed by atoms with Crippen molar-refractivity contribution in [3.8, 4) is 0 Å². The molecule has 0 unspecified atom stereocenters. The van der Waals surface area contributed by atoms with E-state index in [1.54, 1.807) is 4.68 Å². The Labute approximate surface area is 124 Å². The molecule has 0 aliphatic carbocycles. The van der Waals surface area contributed by atoms with Crippen LogP contribution in [-0.4, -0.2) is 37.5 Å². The van der Waals surface area contributed by atoms with Crippen LogP contribution in [-0.2, 0) is 22.7 Å². The first-order valence-corrected chi connectivity index (χ1v) is 7.06. The van der Waals surface area contributed by atoms with E-state index in [0.29, 0.717) is 6.54 Å². The largest absolute Gasteiger partial charge is 0.477 e. The Bertz CT molecular complexity index is 594. The summed E-state index contributed by atoms with van der Waals surface area (Å²) in [5.41, 5.74) is 1.66. The highest BCUT2D eigenvalue weighted by Crippen LogP contribution is 2.24. The van der Waals surface area contributed by atoms with Crippen LogP contribution in [0, 0.1) is 6.92 Å². The van der Waals surface area contributed by atoms with Crippen LogP contribution in [0.15, 0.2) is 9.57 Å². The lowest BCUT2D eigenvalue weighted by Crippen LogP contribution is -2.34. The molecule has 2 heterocycles. The number of halogens is 1. The molecule has 20 heavy (non-hydrogen) atoms. The number of hydrogen-bond acceptors (Lipinski definition) is 4. The van der Waals surface area contributed by atoms with Gasteiger partial charge in [-0.1, -0.05) is 0 Å². The van der Waals surface area contributed by atoms with Crippen molar-refractivity contribution in [1.82, 2.24) is 14.8 Å². The van der Waals surface area contributed by atoms with Crippen LogP contribution in [0.3, 0.4) is 0 Å². The molecule has 0 aromatic carbocycles. The fraction of sp³-hybridized carbons (Fsp3) is 0.500. The van der Waals surface area contributed by atoms with Crippen molar-refractivity contribution in [2.45, 2.75) is 39.8 Å². The van der Waals surface area contributed by atoms with Crippen LogP contribution in [0.2, 0.25) is 0 Å². The lowest BCUT2D eigenvalue weighted by molar-refractivity contribution is -0.133. The molecule has 2 rings (SSSR count). The molecular formula is C12H15BrN4O3. The van der Waals surface area contributed by atoms with E-state index < -0.39 is 5.97 Å². The SMILES string of the molecule is CCn1nc(C)c(Br)c1CN1N=C(C(=O)O)CCC1=O. The van der Waals surface area contributed by atoms with Crippen molar-refractivity contribution in [1.29, 1.82) is 0 Å². The molecule has 1 aliphatic rings. The number of aryl methyl sites for hydroxylation is 2. The van der Waals surface area contributed by atoms with Gasteiger partial charge in [0.25, 0.3) is 0 Å². The molecule has 0 spiro atoms. The average Bonchev–Trinajstić information content (AvgIpc) is 2.68. The van der Waals surface area contributed by atoms with Crippen molar-refractivity contribution in [2.75, 3.05) is 0 Å². The summed E-state index contributed by atoms with van der Waals surface area (Å²) in [5, 5.41) is 18.4. The third-order valence-electron chi connectivity index (χ3n) is 3.10. The zero-order valence-electron chi connectivity index (χ0n) is 11.3. The van der Waals surface area contributed by atoms with E-state index in [2.05, 4.69) is 26.1 Å². The summed E-state index contributed by atoms with van der Waals surface area (Å²) in [5.74, 6) is -1.26. The molecule has 0 bridgehead atoms. The molecule has 0 saturated carbocycles. The summed E-state index contributed by atoms with van der Waals surface area (Å²) in [4.78, 5) is 22.8. The first kappa shape index (κ1) is 14.7. The minimum Gasteiger partial charge on any atom is -0.477 e. The van der Waals surface area contributed by atoms with Gasteiger partial charge >= 0.3 is 5.97 Å². The maximum atomic E-state index is 11.9. The van der Waals surface area contributed by atoms with E-state index in [4.69, 9.17) is 5.11 Å². The number of aromatic nitrogens is 2. The minimum absolute atomic E-state index is 0.0139. The van der Waals surface area contributed by atoms with Crippen molar-refractivity contribution in [3.05, 3.63) is 15.9 Å². The Morgan fingerprint density at radius 2 is 2.15 bits per heavy atom. The predicted octanol–water partition coefficient (Wildman–Crippen LogP) is 1.54. The second kappa shape index (κ2) is 5.74. The van der Waals surface area contributed by atoms with Gasteiger partial charge in [0.1, 0.15) is 5.71 Å². The third-order valence-corrected chi connectivity index (χ3v) is 4.14. The van der Waals surface area contributed by atoms with Gasteiger partial charge in [0.15, 0.2) is 0 Å². The van der Waals surface area contributed by atoms with E-state index in [1.807, 2.05) is 13.8 Å². The van der Waals surface area contributed by atoms with Crippen LogP contribution in [0.1, 0.15) is 31.2 Å². The van der Waals surface area contributed by atoms with Crippen LogP contribution in [0.5, 0.6) is 0 Å². The summed E-state index contributed by atoms with van der Waals surface area (Å²) >= 11 is 3.45. The molecule has 1 aliphatic heterocycles. The van der Waals surface area contributed by atoms with E-state index in [1.165, 1.54) is 5.01 Å². The minimum atomic E-state index is -1.08. The topological polar surface area (TPSA) is 87.8 Å². The number of carboxylic acid groups (broad SMARTS) is 1. The van der Waals surface area contributed by atoms with Gasteiger partial charge in [-0.2, -0.15) is 10.2 Å². The zero-order valence-corrected chi connectivity index (χ0v) is 12.8. The molecule has 1 aromatic heterocycles. The van der Waals surface area contributed by atoms with Gasteiger partial charge in [-0.15, -0.1) is 0 Å². The maximum absolute atomic E-state index is 11.9. The Morgan fingerprint density at radius 3 is 2.75 bits per heavy atom. The number of amides is 1. The summed E-state index contributed by atoms with van der Waals surface area (Å²) < 4.78 is 2.60. The Hall–Kier alpha value is -1.70. The first-order valence-electron chi connectivity index (χ1n) is 6.27. The highest BCUT2D eigenvalue weighted by atomic mass is 79.9. The smallest absolute Gasteiger partial charge is 0.352 e. The van der Waals surface area contributed by atoms with Gasteiger partial charge < -0.3 is 5.11 Å². The third kappa shape index (κ3) is 2.74. The van der Waals surface area contributed by atoms with Crippen LogP contribution >= 0.6 is 15.9 Å². The maximum Gasteiger partial charge on any atom is 0.352 e. The Balaban J connectivity index is 2.31. The molecule has 8 heteroatoms. The first-order chi connectivity index (χ1) is 9.43. The molecule has 108 valence electrons. The van der Waals surface area contributed by atoms with E-state index >= 15 is 0 Å². The zero-order chi connectivity index (χ0) is 14.9. The van der Waals surface area contributed by atoms with Crippen molar-refractivity contribution >= 4 is 33.5 Å². The lowest BCUT2D eigenvalue weighted by Gasteiger charge is -2.22. The average molecular weight is 343 g/mol. The highest BCUT2D eigenvalue weighted by Gasteiger charge is 2.26. The van der Waals surface area contributed by atoms with Crippen LogP contribution in [0.25, 0.3) is 0 Å². The fourth-order valence-corrected chi connectivity index (χ4v) is 2.45. The molecule has 0 radical (unpaired) electrons. The number of carbonyl (C=O) groups is 2. The molecule has 0 atom stereocenters. The van der Waals surface area contributed by atoms with Gasteiger partial charge in [-0.3, -0.25) is 9.48 Å². The number of hydrogen-bond donors (Lipinski definition) is 1. The molecule has 0 saturated heterocycles. The number of aliphatic carboxylic acids is 1. The molecular weight excluding hydrogens is 328 g/mol. The second-order valence-electron chi connectivity index (χ2n) is 4.47. The van der Waals surface area contributed by atoms with Gasteiger partial charge in [0, 0.05) is 19.4 Å². The van der Waals surface area contributed by atoms with Gasteiger partial charge in [-0.05, 0) is 29.8 Å². The standard InChI is InChI=1S/C12H15BrN4O3/c1-3-16-9(11(13)7(2)14-16)6-17-10(18)5-4-8(15-17)12(19)20/h3-6H2,1-2H3,(H,19,20). The van der Waals surface area contributed by atoms with Crippen molar-refractivity contribution in [3.63, 3.8) is 0 Å². The van der Waals surface area contributed by atoms with Crippen molar-refractivity contribution < 1.29 is 14.7 Å². The number of nitrogens with zero attached hydrogens (tertiary/aromatic N) is 4. The summed E-state index contributed by atoms with van der Waals surface area (Å²) in [7, 11) is 0. The number of hydrazone groups is 1. The summed E-state index contributed by atoms with van der Waals surface area (Å²) in [6.45, 7) is 4.69. The van der Waals surface area contributed by atoms with Gasteiger partial charge in [0.05, 0.1) is 22.4 Å². The lowest BCUT2D eigenvalue weighted by atomic mass is 10.1. The Kier molecular flexibility index (Phi) is 4.22. The van der Waals surface area contributed by atoms with Gasteiger partial charge in [0.2, 0.25) is 5.91 Å². The fourth-order valence-electron chi connectivity index (χ4n) is 2.04. The second-order valence-corrected chi connectivity index (χ2v) is 5.26. The highest BCUT2D eigenvalue weighted by molar-refractivity contribution is 9.10. The normalized spacial score (nSPS) is 15.4. The number of rotatable bonds is 4. The van der Waals surface area contributed by atoms with Crippen molar-refractivity contribution in [2.24, 2.45) is 5.10 Å². The van der Waals surface area contributed by atoms with Gasteiger partial charge in [-0.25, -0.2) is 9.80 Å². The quantitative estimate of drug-likeness (QED) is 0.898. The molecule has 7 nitrogen and oxygen atoms in total. The molecule has 0 fully saturated rings. The number of carboxylic acids is 1. The van der Waals surface area contributed by atoms with E-state index in [-0.39, 0.29) is 31.0 Å². The molecule has 1 N–H and O–H groups in total. The van der Waals surface area contributed by atoms with E-state index in [0.717, 1.165) is 15.9 Å². The van der Waals surface area contributed by atoms with Crippen LogP contribution < -0.4 is 0 Å².